The Balaban J connectivity index is 2.19. The standard InChI is InChI=1S/C21H26ClNO4/c1-4-6-11-26-14-16-12-15(7-9-19(16)27-5-2)21(24)23-18-13-17(22)8-10-20(18)25-3/h7-10,12-13H,4-6,11,14H2,1-3H3,(H,23,24). The predicted octanol–water partition coefficient (Wildman–Crippen LogP) is 5.32. The molecule has 2 aromatic rings. The highest BCUT2D eigenvalue weighted by Crippen LogP contribution is 2.29. The molecule has 0 unspecified atom stereocenters. The van der Waals surface area contributed by atoms with Gasteiger partial charge in [-0.05, 0) is 49.7 Å². The lowest BCUT2D eigenvalue weighted by Crippen LogP contribution is -2.13. The fourth-order valence-corrected chi connectivity index (χ4v) is 2.70. The molecular weight excluding hydrogens is 366 g/mol. The van der Waals surface area contributed by atoms with Gasteiger partial charge in [-0.1, -0.05) is 24.9 Å². The molecule has 5 nitrogen and oxygen atoms in total. The SMILES string of the molecule is CCCCOCc1cc(C(=O)Nc2cc(Cl)ccc2OC)ccc1OCC. The summed E-state index contributed by atoms with van der Waals surface area (Å²) in [6, 6.07) is 10.4. The van der Waals surface area contributed by atoms with Gasteiger partial charge >= 0.3 is 0 Å². The van der Waals surface area contributed by atoms with Crippen molar-refractivity contribution in [2.24, 2.45) is 0 Å². The number of halogens is 1. The molecule has 0 atom stereocenters. The van der Waals surface area contributed by atoms with Gasteiger partial charge in [0.05, 0.1) is 26.0 Å². The zero-order valence-electron chi connectivity index (χ0n) is 16.0. The Kier molecular flexibility index (Phi) is 8.43. The normalized spacial score (nSPS) is 10.5. The quantitative estimate of drug-likeness (QED) is 0.557. The molecule has 2 aromatic carbocycles. The van der Waals surface area contributed by atoms with Crippen molar-refractivity contribution >= 4 is 23.2 Å². The van der Waals surface area contributed by atoms with Gasteiger partial charge in [0.1, 0.15) is 11.5 Å². The maximum Gasteiger partial charge on any atom is 0.255 e. The monoisotopic (exact) mass is 391 g/mol. The van der Waals surface area contributed by atoms with Crippen LogP contribution >= 0.6 is 11.6 Å². The van der Waals surface area contributed by atoms with Crippen LogP contribution in [-0.4, -0.2) is 26.2 Å². The van der Waals surface area contributed by atoms with E-state index in [-0.39, 0.29) is 5.91 Å². The van der Waals surface area contributed by atoms with Crippen molar-refractivity contribution < 1.29 is 19.0 Å². The lowest BCUT2D eigenvalue weighted by Gasteiger charge is -2.14. The van der Waals surface area contributed by atoms with Crippen molar-refractivity contribution in [3.05, 3.63) is 52.5 Å². The van der Waals surface area contributed by atoms with E-state index >= 15 is 0 Å². The number of benzene rings is 2. The topological polar surface area (TPSA) is 56.8 Å². The maximum absolute atomic E-state index is 12.7. The van der Waals surface area contributed by atoms with Crippen LogP contribution in [-0.2, 0) is 11.3 Å². The summed E-state index contributed by atoms with van der Waals surface area (Å²) in [7, 11) is 1.54. The van der Waals surface area contributed by atoms with Gasteiger partial charge in [0.25, 0.3) is 5.91 Å². The van der Waals surface area contributed by atoms with Crippen LogP contribution in [0.15, 0.2) is 36.4 Å². The Morgan fingerprint density at radius 2 is 1.89 bits per heavy atom. The zero-order valence-corrected chi connectivity index (χ0v) is 16.8. The van der Waals surface area contributed by atoms with Crippen molar-refractivity contribution in [3.8, 4) is 11.5 Å². The van der Waals surface area contributed by atoms with Crippen molar-refractivity contribution in [3.63, 3.8) is 0 Å². The average Bonchev–Trinajstić information content (AvgIpc) is 2.66. The number of carbonyl (C=O) groups is 1. The van der Waals surface area contributed by atoms with Gasteiger partial charge in [0.2, 0.25) is 0 Å². The number of hydrogen-bond acceptors (Lipinski definition) is 4. The Morgan fingerprint density at radius 3 is 2.59 bits per heavy atom. The molecule has 0 spiro atoms. The first kappa shape index (κ1) is 21.1. The van der Waals surface area contributed by atoms with Gasteiger partial charge in [0.15, 0.2) is 0 Å². The Bertz CT molecular complexity index is 764. The third-order valence-corrected chi connectivity index (χ3v) is 4.17. The molecule has 1 amide bonds. The molecule has 0 aliphatic carbocycles. The lowest BCUT2D eigenvalue weighted by molar-refractivity contribution is 0.102. The van der Waals surface area contributed by atoms with Crippen LogP contribution in [0.1, 0.15) is 42.6 Å². The van der Waals surface area contributed by atoms with Gasteiger partial charge in [-0.3, -0.25) is 4.79 Å². The largest absolute Gasteiger partial charge is 0.495 e. The number of amides is 1. The number of nitrogens with one attached hydrogen (secondary N) is 1. The molecule has 0 bridgehead atoms. The molecule has 27 heavy (non-hydrogen) atoms. The molecule has 0 aliphatic heterocycles. The van der Waals surface area contributed by atoms with E-state index < -0.39 is 0 Å². The highest BCUT2D eigenvalue weighted by atomic mass is 35.5. The number of anilines is 1. The van der Waals surface area contributed by atoms with E-state index in [2.05, 4.69) is 12.2 Å². The maximum atomic E-state index is 12.7. The third kappa shape index (κ3) is 6.15. The van der Waals surface area contributed by atoms with E-state index in [0.717, 1.165) is 24.2 Å². The Labute approximate surface area is 165 Å². The summed E-state index contributed by atoms with van der Waals surface area (Å²) >= 11 is 6.03. The third-order valence-electron chi connectivity index (χ3n) is 3.93. The van der Waals surface area contributed by atoms with E-state index in [4.69, 9.17) is 25.8 Å². The first-order valence-corrected chi connectivity index (χ1v) is 9.45. The van der Waals surface area contributed by atoms with E-state index in [1.807, 2.05) is 6.92 Å². The molecule has 0 radical (unpaired) electrons. The second-order valence-corrected chi connectivity index (χ2v) is 6.40. The smallest absolute Gasteiger partial charge is 0.255 e. The molecule has 0 heterocycles. The van der Waals surface area contributed by atoms with Crippen LogP contribution in [0.5, 0.6) is 11.5 Å². The molecule has 2 rings (SSSR count). The summed E-state index contributed by atoms with van der Waals surface area (Å²) in [5.74, 6) is 1.01. The van der Waals surface area contributed by atoms with E-state index in [9.17, 15) is 4.79 Å². The fraction of sp³-hybridized carbons (Fsp3) is 0.381. The molecule has 146 valence electrons. The number of unbranched alkanes of at least 4 members (excludes halogenated alkanes) is 1. The van der Waals surface area contributed by atoms with Crippen LogP contribution in [0.25, 0.3) is 0 Å². The Hall–Kier alpha value is -2.24. The first-order valence-electron chi connectivity index (χ1n) is 9.07. The van der Waals surface area contributed by atoms with Crippen molar-refractivity contribution in [1.82, 2.24) is 0 Å². The molecule has 6 heteroatoms. The zero-order chi connectivity index (χ0) is 19.6. The molecule has 0 aliphatic rings. The lowest BCUT2D eigenvalue weighted by atomic mass is 10.1. The second kappa shape index (κ2) is 10.8. The molecule has 0 saturated heterocycles. The number of ether oxygens (including phenoxy) is 3. The summed E-state index contributed by atoms with van der Waals surface area (Å²) in [6.07, 6.45) is 2.07. The number of carbonyl (C=O) groups excluding carboxylic acids is 1. The van der Waals surface area contributed by atoms with Crippen molar-refractivity contribution in [2.45, 2.75) is 33.3 Å². The summed E-state index contributed by atoms with van der Waals surface area (Å²) in [5.41, 5.74) is 1.87. The molecule has 0 aromatic heterocycles. The first-order chi connectivity index (χ1) is 13.1. The van der Waals surface area contributed by atoms with Gasteiger partial charge in [0, 0.05) is 22.8 Å². The summed E-state index contributed by atoms with van der Waals surface area (Å²) in [6.45, 7) is 5.67. The average molecular weight is 392 g/mol. The number of methoxy groups -OCH3 is 1. The molecular formula is C21H26ClNO4. The number of hydrogen-bond donors (Lipinski definition) is 1. The van der Waals surface area contributed by atoms with Crippen LogP contribution in [0.4, 0.5) is 5.69 Å². The van der Waals surface area contributed by atoms with Crippen molar-refractivity contribution in [2.75, 3.05) is 25.6 Å². The van der Waals surface area contributed by atoms with E-state index in [1.165, 1.54) is 0 Å². The second-order valence-electron chi connectivity index (χ2n) is 5.96. The minimum Gasteiger partial charge on any atom is -0.495 e. The van der Waals surface area contributed by atoms with Gasteiger partial charge < -0.3 is 19.5 Å². The van der Waals surface area contributed by atoms with Crippen LogP contribution in [0.3, 0.4) is 0 Å². The fourth-order valence-electron chi connectivity index (χ4n) is 2.53. The van der Waals surface area contributed by atoms with Gasteiger partial charge in [-0.25, -0.2) is 0 Å². The number of rotatable bonds is 10. The Morgan fingerprint density at radius 1 is 1.11 bits per heavy atom. The highest BCUT2D eigenvalue weighted by Gasteiger charge is 2.13. The van der Waals surface area contributed by atoms with E-state index in [0.29, 0.717) is 41.8 Å². The molecule has 0 saturated carbocycles. The van der Waals surface area contributed by atoms with E-state index in [1.54, 1.807) is 43.5 Å². The summed E-state index contributed by atoms with van der Waals surface area (Å²) in [5, 5.41) is 3.36. The summed E-state index contributed by atoms with van der Waals surface area (Å²) < 4.78 is 16.6. The highest BCUT2D eigenvalue weighted by molar-refractivity contribution is 6.31. The molecule has 1 N–H and O–H groups in total. The predicted molar refractivity (Wildman–Crippen MR) is 108 cm³/mol. The van der Waals surface area contributed by atoms with Crippen molar-refractivity contribution in [1.29, 1.82) is 0 Å². The van der Waals surface area contributed by atoms with Crippen LogP contribution in [0, 0.1) is 0 Å². The minimum atomic E-state index is -0.256. The van der Waals surface area contributed by atoms with Gasteiger partial charge in [-0.2, -0.15) is 0 Å². The van der Waals surface area contributed by atoms with Gasteiger partial charge in [-0.15, -0.1) is 0 Å². The minimum absolute atomic E-state index is 0.256. The summed E-state index contributed by atoms with van der Waals surface area (Å²) in [4.78, 5) is 12.7. The van der Waals surface area contributed by atoms with Crippen LogP contribution in [0.2, 0.25) is 5.02 Å². The molecule has 0 fully saturated rings. The van der Waals surface area contributed by atoms with Crippen LogP contribution < -0.4 is 14.8 Å².